The van der Waals surface area contributed by atoms with Crippen molar-refractivity contribution in [3.8, 4) is 17.0 Å². The first-order chi connectivity index (χ1) is 16.0. The molecule has 0 aliphatic heterocycles. The van der Waals surface area contributed by atoms with E-state index in [0.717, 1.165) is 43.4 Å². The standard InChI is InChI=1S/C26H30N4O3/c1-3-14-27-26(33)30-23(18-6-4-5-7-18)16-22(29-30)21-15-20(12-13-24(21)31)28-25(32)19-10-8-17(2)9-11-19/h8-13,15-16,18,31H,3-7,14H2,1-2H3,(H,27,33)(H,28,32). The average molecular weight is 447 g/mol. The number of aromatic hydroxyl groups is 1. The van der Waals surface area contributed by atoms with Gasteiger partial charge in [-0.3, -0.25) is 4.79 Å². The summed E-state index contributed by atoms with van der Waals surface area (Å²) in [6.07, 6.45) is 5.14. The molecule has 2 aromatic carbocycles. The van der Waals surface area contributed by atoms with Gasteiger partial charge in [-0.05, 0) is 62.6 Å². The van der Waals surface area contributed by atoms with Gasteiger partial charge in [0.15, 0.2) is 0 Å². The molecule has 2 amide bonds. The zero-order chi connectivity index (χ0) is 23.4. The molecule has 0 radical (unpaired) electrons. The van der Waals surface area contributed by atoms with E-state index < -0.39 is 0 Å². The second kappa shape index (κ2) is 9.90. The Morgan fingerprint density at radius 2 is 1.82 bits per heavy atom. The number of carbonyl (C=O) groups is 2. The predicted octanol–water partition coefficient (Wildman–Crippen LogP) is 5.44. The fourth-order valence-electron chi connectivity index (χ4n) is 4.24. The van der Waals surface area contributed by atoms with Crippen LogP contribution in [0.1, 0.15) is 66.6 Å². The molecule has 4 rings (SSSR count). The van der Waals surface area contributed by atoms with E-state index in [1.807, 2.05) is 32.0 Å². The maximum atomic E-state index is 12.8. The van der Waals surface area contributed by atoms with Gasteiger partial charge in [-0.15, -0.1) is 0 Å². The molecule has 1 fully saturated rings. The number of amides is 2. The normalized spacial score (nSPS) is 13.8. The highest BCUT2D eigenvalue weighted by Crippen LogP contribution is 2.38. The van der Waals surface area contributed by atoms with Gasteiger partial charge in [0.1, 0.15) is 5.75 Å². The first-order valence-electron chi connectivity index (χ1n) is 11.6. The van der Waals surface area contributed by atoms with Gasteiger partial charge in [-0.1, -0.05) is 37.5 Å². The molecule has 1 aliphatic carbocycles. The van der Waals surface area contributed by atoms with Crippen LogP contribution in [0.5, 0.6) is 5.75 Å². The summed E-state index contributed by atoms with van der Waals surface area (Å²) in [6, 6.07) is 13.8. The number of hydrogen-bond donors (Lipinski definition) is 3. The van der Waals surface area contributed by atoms with Crippen LogP contribution in [0.3, 0.4) is 0 Å². The van der Waals surface area contributed by atoms with Gasteiger partial charge in [0.05, 0.1) is 11.4 Å². The molecule has 3 aromatic rings. The largest absolute Gasteiger partial charge is 0.507 e. The van der Waals surface area contributed by atoms with Crippen LogP contribution < -0.4 is 10.6 Å². The molecule has 0 unspecified atom stereocenters. The molecule has 0 saturated heterocycles. The highest BCUT2D eigenvalue weighted by atomic mass is 16.3. The summed E-state index contributed by atoms with van der Waals surface area (Å²) in [5, 5.41) is 20.9. The first kappa shape index (κ1) is 22.6. The van der Waals surface area contributed by atoms with Gasteiger partial charge in [-0.25, -0.2) is 4.79 Å². The third-order valence-corrected chi connectivity index (χ3v) is 6.07. The van der Waals surface area contributed by atoms with Crippen LogP contribution >= 0.6 is 0 Å². The minimum atomic E-state index is -0.256. The van der Waals surface area contributed by atoms with E-state index in [1.54, 1.807) is 24.3 Å². The first-order valence-corrected chi connectivity index (χ1v) is 11.6. The number of nitrogens with one attached hydrogen (secondary N) is 2. The quantitative estimate of drug-likeness (QED) is 0.439. The SMILES string of the molecule is CCCNC(=O)n1nc(-c2cc(NC(=O)c3ccc(C)cc3)ccc2O)cc1C1CCCC1. The van der Waals surface area contributed by atoms with E-state index in [1.165, 1.54) is 10.7 Å². The van der Waals surface area contributed by atoms with Crippen molar-refractivity contribution in [2.75, 3.05) is 11.9 Å². The van der Waals surface area contributed by atoms with Crippen LogP contribution in [0, 0.1) is 6.92 Å². The van der Waals surface area contributed by atoms with Gasteiger partial charge in [-0.2, -0.15) is 9.78 Å². The molecule has 3 N–H and O–H groups in total. The topological polar surface area (TPSA) is 96.3 Å². The van der Waals surface area contributed by atoms with E-state index in [9.17, 15) is 14.7 Å². The fraction of sp³-hybridized carbons (Fsp3) is 0.346. The molecular formula is C26H30N4O3. The van der Waals surface area contributed by atoms with E-state index >= 15 is 0 Å². The van der Waals surface area contributed by atoms with Crippen LogP contribution in [0.4, 0.5) is 10.5 Å². The lowest BCUT2D eigenvalue weighted by Gasteiger charge is -2.11. The van der Waals surface area contributed by atoms with E-state index in [2.05, 4.69) is 15.7 Å². The molecule has 1 aromatic heterocycles. The summed E-state index contributed by atoms with van der Waals surface area (Å²) in [4.78, 5) is 25.4. The molecule has 0 atom stereocenters. The lowest BCUT2D eigenvalue weighted by Crippen LogP contribution is -2.31. The van der Waals surface area contributed by atoms with Crippen molar-refractivity contribution in [3.63, 3.8) is 0 Å². The summed E-state index contributed by atoms with van der Waals surface area (Å²) >= 11 is 0. The van der Waals surface area contributed by atoms with Gasteiger partial charge in [0.25, 0.3) is 5.91 Å². The van der Waals surface area contributed by atoms with Crippen LogP contribution in [0.25, 0.3) is 11.3 Å². The Bertz CT molecular complexity index is 1140. The van der Waals surface area contributed by atoms with Crippen molar-refractivity contribution >= 4 is 17.6 Å². The molecule has 7 heteroatoms. The Morgan fingerprint density at radius 1 is 1.09 bits per heavy atom. The van der Waals surface area contributed by atoms with Crippen LogP contribution in [0.15, 0.2) is 48.5 Å². The number of carbonyl (C=O) groups excluding carboxylic acids is 2. The summed E-state index contributed by atoms with van der Waals surface area (Å²) in [5.41, 5.74) is 4.02. The summed E-state index contributed by atoms with van der Waals surface area (Å²) in [7, 11) is 0. The maximum absolute atomic E-state index is 12.8. The van der Waals surface area contributed by atoms with Crippen molar-refractivity contribution in [3.05, 3.63) is 65.4 Å². The molecule has 1 saturated carbocycles. The summed E-state index contributed by atoms with van der Waals surface area (Å²) in [6.45, 7) is 4.54. The molecule has 1 aliphatic rings. The van der Waals surface area contributed by atoms with Gasteiger partial charge in [0.2, 0.25) is 0 Å². The monoisotopic (exact) mass is 446 g/mol. The van der Waals surface area contributed by atoms with Crippen molar-refractivity contribution in [2.45, 2.75) is 51.9 Å². The second-order valence-corrected chi connectivity index (χ2v) is 8.63. The molecular weight excluding hydrogens is 416 g/mol. The number of phenolic OH excluding ortho intramolecular Hbond substituents is 1. The Kier molecular flexibility index (Phi) is 6.77. The number of benzene rings is 2. The van der Waals surface area contributed by atoms with Gasteiger partial charge >= 0.3 is 6.03 Å². The Hall–Kier alpha value is -3.61. The smallest absolute Gasteiger partial charge is 0.342 e. The molecule has 0 bridgehead atoms. The summed E-state index contributed by atoms with van der Waals surface area (Å²) < 4.78 is 1.44. The molecule has 1 heterocycles. The number of nitrogens with zero attached hydrogens (tertiary/aromatic N) is 2. The minimum Gasteiger partial charge on any atom is -0.507 e. The van der Waals surface area contributed by atoms with Crippen molar-refractivity contribution in [1.82, 2.24) is 15.1 Å². The van der Waals surface area contributed by atoms with Crippen LogP contribution in [-0.4, -0.2) is 33.4 Å². The number of rotatable bonds is 6. The maximum Gasteiger partial charge on any atom is 0.342 e. The third kappa shape index (κ3) is 5.08. The van der Waals surface area contributed by atoms with Crippen molar-refractivity contribution in [2.24, 2.45) is 0 Å². The second-order valence-electron chi connectivity index (χ2n) is 8.63. The number of hydrogen-bond acceptors (Lipinski definition) is 4. The molecule has 172 valence electrons. The number of aromatic nitrogens is 2. The average Bonchev–Trinajstić information content (AvgIpc) is 3.49. The van der Waals surface area contributed by atoms with Crippen LogP contribution in [0.2, 0.25) is 0 Å². The van der Waals surface area contributed by atoms with Crippen LogP contribution in [-0.2, 0) is 0 Å². The van der Waals surface area contributed by atoms with Gasteiger partial charge in [0, 0.05) is 29.3 Å². The number of anilines is 1. The zero-order valence-electron chi connectivity index (χ0n) is 19.1. The Morgan fingerprint density at radius 3 is 2.52 bits per heavy atom. The lowest BCUT2D eigenvalue weighted by molar-refractivity contribution is 0.102. The number of phenols is 1. The third-order valence-electron chi connectivity index (χ3n) is 6.07. The van der Waals surface area contributed by atoms with E-state index in [4.69, 9.17) is 0 Å². The number of aryl methyl sites for hydroxylation is 1. The predicted molar refractivity (Wildman–Crippen MR) is 129 cm³/mol. The van der Waals surface area contributed by atoms with E-state index in [0.29, 0.717) is 29.1 Å². The highest BCUT2D eigenvalue weighted by Gasteiger charge is 2.26. The lowest BCUT2D eigenvalue weighted by atomic mass is 10.0. The van der Waals surface area contributed by atoms with E-state index in [-0.39, 0.29) is 23.6 Å². The minimum absolute atomic E-state index is 0.0416. The van der Waals surface area contributed by atoms with Crippen molar-refractivity contribution < 1.29 is 14.7 Å². The summed E-state index contributed by atoms with van der Waals surface area (Å²) in [5.74, 6) is 0.0767. The Balaban J connectivity index is 1.64. The molecule has 0 spiro atoms. The van der Waals surface area contributed by atoms with Crippen molar-refractivity contribution in [1.29, 1.82) is 0 Å². The molecule has 33 heavy (non-hydrogen) atoms. The molecule has 7 nitrogen and oxygen atoms in total. The zero-order valence-corrected chi connectivity index (χ0v) is 19.1. The highest BCUT2D eigenvalue weighted by molar-refractivity contribution is 6.04. The van der Waals surface area contributed by atoms with Gasteiger partial charge < -0.3 is 15.7 Å². The Labute approximate surface area is 193 Å². The fourth-order valence-corrected chi connectivity index (χ4v) is 4.24.